The highest BCUT2D eigenvalue weighted by atomic mass is 16.1. The van der Waals surface area contributed by atoms with Gasteiger partial charge in [-0.05, 0) is 24.1 Å². The van der Waals surface area contributed by atoms with Crippen molar-refractivity contribution in [2.75, 3.05) is 18.8 Å². The Hall–Kier alpha value is -3.25. The van der Waals surface area contributed by atoms with Gasteiger partial charge in [-0.3, -0.25) is 14.7 Å². The second-order valence-corrected chi connectivity index (χ2v) is 7.09. The number of anilines is 1. The number of amides is 1. The summed E-state index contributed by atoms with van der Waals surface area (Å²) < 4.78 is 0. The fraction of sp³-hybridized carbons (Fsp3) is 0.227. The second-order valence-electron chi connectivity index (χ2n) is 7.09. The van der Waals surface area contributed by atoms with E-state index >= 15 is 0 Å². The summed E-state index contributed by atoms with van der Waals surface area (Å²) in [6, 6.07) is 18.0. The molecule has 1 atom stereocenters. The van der Waals surface area contributed by atoms with Gasteiger partial charge in [-0.25, -0.2) is 4.98 Å². The van der Waals surface area contributed by atoms with Crippen molar-refractivity contribution in [3.05, 3.63) is 78.1 Å². The molecule has 1 aliphatic rings. The topological polar surface area (TPSA) is 84.1 Å². The van der Waals surface area contributed by atoms with Crippen molar-refractivity contribution in [3.63, 3.8) is 0 Å². The van der Waals surface area contributed by atoms with E-state index in [1.165, 1.54) is 11.8 Å². The van der Waals surface area contributed by atoms with E-state index in [2.05, 4.69) is 44.5 Å². The summed E-state index contributed by atoms with van der Waals surface area (Å²) in [7, 11) is 0. The average Bonchev–Trinajstić information content (AvgIpc) is 3.15. The minimum absolute atomic E-state index is 0.0447. The molecule has 3 N–H and O–H groups in total. The third-order valence-electron chi connectivity index (χ3n) is 4.95. The Morgan fingerprint density at radius 2 is 1.89 bits per heavy atom. The summed E-state index contributed by atoms with van der Waals surface area (Å²) >= 11 is 0. The van der Waals surface area contributed by atoms with Crippen LogP contribution in [0.1, 0.15) is 22.3 Å². The zero-order valence-electron chi connectivity index (χ0n) is 15.6. The smallest absolute Gasteiger partial charge is 0.251 e. The average molecular weight is 373 g/mol. The summed E-state index contributed by atoms with van der Waals surface area (Å²) in [6.45, 7) is 2.79. The maximum Gasteiger partial charge on any atom is 0.251 e. The summed E-state index contributed by atoms with van der Waals surface area (Å²) in [5, 5.41) is 3.15. The van der Waals surface area contributed by atoms with Gasteiger partial charge in [0.2, 0.25) is 0 Å². The lowest BCUT2D eigenvalue weighted by Crippen LogP contribution is -2.36. The van der Waals surface area contributed by atoms with Crippen molar-refractivity contribution < 1.29 is 4.79 Å². The third kappa shape index (κ3) is 4.35. The molecule has 1 fully saturated rings. The fourth-order valence-electron chi connectivity index (χ4n) is 3.52. The largest absolute Gasteiger partial charge is 0.382 e. The molecule has 0 aliphatic carbocycles. The summed E-state index contributed by atoms with van der Waals surface area (Å²) in [4.78, 5) is 23.3. The van der Waals surface area contributed by atoms with E-state index in [9.17, 15) is 4.79 Å². The highest BCUT2D eigenvalue weighted by molar-refractivity contribution is 5.94. The number of carbonyl (C=O) groups is 1. The first-order valence-corrected chi connectivity index (χ1v) is 9.42. The highest BCUT2D eigenvalue weighted by Gasteiger charge is 2.24. The van der Waals surface area contributed by atoms with Gasteiger partial charge >= 0.3 is 0 Å². The molecule has 0 spiro atoms. The van der Waals surface area contributed by atoms with Gasteiger partial charge in [-0.2, -0.15) is 0 Å². The van der Waals surface area contributed by atoms with E-state index in [1.54, 1.807) is 6.20 Å². The summed E-state index contributed by atoms with van der Waals surface area (Å²) in [5.41, 5.74) is 9.20. The molecular weight excluding hydrogens is 350 g/mol. The molecule has 1 unspecified atom stereocenters. The van der Waals surface area contributed by atoms with Crippen molar-refractivity contribution in [2.24, 2.45) is 0 Å². The number of nitrogens with one attached hydrogen (secondary N) is 1. The molecule has 1 aliphatic heterocycles. The van der Waals surface area contributed by atoms with Gasteiger partial charge in [0.15, 0.2) is 0 Å². The maximum atomic E-state index is 12.6. The van der Waals surface area contributed by atoms with E-state index in [1.807, 2.05) is 30.3 Å². The zero-order chi connectivity index (χ0) is 19.3. The minimum Gasteiger partial charge on any atom is -0.382 e. The predicted octanol–water partition coefficient (Wildman–Crippen LogP) is 2.73. The molecular formula is C22H23N5O. The van der Waals surface area contributed by atoms with Crippen LogP contribution in [0.15, 0.2) is 67.0 Å². The molecule has 1 saturated heterocycles. The summed E-state index contributed by atoms with van der Waals surface area (Å²) in [5.74, 6) is 0.331. The van der Waals surface area contributed by atoms with Crippen LogP contribution in [-0.2, 0) is 6.54 Å². The lowest BCUT2D eigenvalue weighted by atomic mass is 10.1. The van der Waals surface area contributed by atoms with E-state index in [-0.39, 0.29) is 11.9 Å². The van der Waals surface area contributed by atoms with Gasteiger partial charge in [0.1, 0.15) is 5.82 Å². The number of nitrogens with two attached hydrogens (primary N) is 1. The molecule has 4 rings (SSSR count). The first-order valence-electron chi connectivity index (χ1n) is 9.42. The molecule has 1 aromatic heterocycles. The SMILES string of the molecule is Nc1cncc(-c2ccc(C(=O)NC3CCN(Cc4ccccc4)C3)cc2)n1. The third-order valence-corrected chi connectivity index (χ3v) is 4.95. The first-order chi connectivity index (χ1) is 13.7. The van der Waals surface area contributed by atoms with Crippen molar-refractivity contribution in [1.29, 1.82) is 0 Å². The molecule has 0 bridgehead atoms. The van der Waals surface area contributed by atoms with Crippen molar-refractivity contribution in [2.45, 2.75) is 19.0 Å². The molecule has 0 radical (unpaired) electrons. The quantitative estimate of drug-likeness (QED) is 0.718. The van der Waals surface area contributed by atoms with E-state index in [0.717, 1.165) is 31.6 Å². The van der Waals surface area contributed by atoms with Crippen LogP contribution in [-0.4, -0.2) is 39.9 Å². The van der Waals surface area contributed by atoms with Crippen molar-refractivity contribution in [3.8, 4) is 11.3 Å². The van der Waals surface area contributed by atoms with Gasteiger partial charge in [0.25, 0.3) is 5.91 Å². The van der Waals surface area contributed by atoms with Crippen molar-refractivity contribution >= 4 is 11.7 Å². The van der Waals surface area contributed by atoms with E-state index in [4.69, 9.17) is 5.73 Å². The zero-order valence-corrected chi connectivity index (χ0v) is 15.6. The maximum absolute atomic E-state index is 12.6. The highest BCUT2D eigenvalue weighted by Crippen LogP contribution is 2.18. The van der Waals surface area contributed by atoms with Crippen LogP contribution in [0, 0.1) is 0 Å². The number of hydrogen-bond acceptors (Lipinski definition) is 5. The van der Waals surface area contributed by atoms with Crippen LogP contribution in [0.25, 0.3) is 11.3 Å². The van der Waals surface area contributed by atoms with Gasteiger partial charge in [0, 0.05) is 36.8 Å². The van der Waals surface area contributed by atoms with Crippen LogP contribution >= 0.6 is 0 Å². The molecule has 28 heavy (non-hydrogen) atoms. The lowest BCUT2D eigenvalue weighted by Gasteiger charge is -2.17. The number of nitrogen functional groups attached to an aromatic ring is 1. The number of likely N-dealkylation sites (tertiary alicyclic amines) is 1. The van der Waals surface area contributed by atoms with Crippen molar-refractivity contribution in [1.82, 2.24) is 20.2 Å². The number of hydrogen-bond donors (Lipinski definition) is 2. The number of rotatable bonds is 5. The molecule has 6 nitrogen and oxygen atoms in total. The Bertz CT molecular complexity index is 943. The first kappa shape index (κ1) is 18.1. The Morgan fingerprint density at radius 1 is 1.11 bits per heavy atom. The molecule has 0 saturated carbocycles. The lowest BCUT2D eigenvalue weighted by molar-refractivity contribution is 0.0937. The number of nitrogens with zero attached hydrogens (tertiary/aromatic N) is 3. The van der Waals surface area contributed by atoms with Gasteiger partial charge in [0.05, 0.1) is 18.1 Å². The van der Waals surface area contributed by atoms with Crippen LogP contribution < -0.4 is 11.1 Å². The van der Waals surface area contributed by atoms with E-state index < -0.39 is 0 Å². The summed E-state index contributed by atoms with van der Waals surface area (Å²) in [6.07, 6.45) is 4.13. The predicted molar refractivity (Wildman–Crippen MR) is 109 cm³/mol. The number of benzene rings is 2. The number of aromatic nitrogens is 2. The fourth-order valence-corrected chi connectivity index (χ4v) is 3.52. The Balaban J connectivity index is 1.34. The molecule has 2 heterocycles. The van der Waals surface area contributed by atoms with Crippen LogP contribution in [0.3, 0.4) is 0 Å². The van der Waals surface area contributed by atoms with E-state index in [0.29, 0.717) is 17.1 Å². The second kappa shape index (κ2) is 8.19. The van der Waals surface area contributed by atoms with Gasteiger partial charge in [-0.1, -0.05) is 42.5 Å². The van der Waals surface area contributed by atoms with Gasteiger partial charge < -0.3 is 11.1 Å². The Labute approximate surface area is 164 Å². The van der Waals surface area contributed by atoms with Crippen LogP contribution in [0.2, 0.25) is 0 Å². The molecule has 3 aromatic rings. The normalized spacial score (nSPS) is 16.8. The van der Waals surface area contributed by atoms with Crippen LogP contribution in [0.5, 0.6) is 0 Å². The molecule has 6 heteroatoms. The monoisotopic (exact) mass is 373 g/mol. The Morgan fingerprint density at radius 3 is 2.64 bits per heavy atom. The number of carbonyl (C=O) groups excluding carboxylic acids is 1. The Kier molecular flexibility index (Phi) is 5.30. The molecule has 2 aromatic carbocycles. The van der Waals surface area contributed by atoms with Gasteiger partial charge in [-0.15, -0.1) is 0 Å². The minimum atomic E-state index is -0.0447. The molecule has 1 amide bonds. The standard InChI is InChI=1S/C22H23N5O/c23-21-13-24-12-20(26-21)17-6-8-18(9-7-17)22(28)25-19-10-11-27(15-19)14-16-4-2-1-3-5-16/h1-9,12-13,19H,10-11,14-15H2,(H2,23,26)(H,25,28). The van der Waals surface area contributed by atoms with Crippen LogP contribution in [0.4, 0.5) is 5.82 Å². The molecule has 142 valence electrons.